The summed E-state index contributed by atoms with van der Waals surface area (Å²) >= 11 is 5.83. The van der Waals surface area contributed by atoms with Crippen molar-refractivity contribution in [1.29, 1.82) is 5.26 Å². The van der Waals surface area contributed by atoms with E-state index in [0.717, 1.165) is 12.1 Å². The number of carbonyl (C=O) groups excluding carboxylic acids is 1. The van der Waals surface area contributed by atoms with Crippen LogP contribution in [0.1, 0.15) is 30.9 Å². The van der Waals surface area contributed by atoms with E-state index < -0.39 is 31.2 Å². The van der Waals surface area contributed by atoms with Crippen LogP contribution in [0.15, 0.2) is 53.4 Å². The summed E-state index contributed by atoms with van der Waals surface area (Å²) in [6.07, 6.45) is -5.17. The summed E-state index contributed by atoms with van der Waals surface area (Å²) in [5.41, 5.74) is -0.926. The van der Waals surface area contributed by atoms with Crippen LogP contribution >= 0.6 is 11.6 Å². The molecule has 0 N–H and O–H groups in total. The number of hydrogen-bond acceptors (Lipinski definition) is 4. The Morgan fingerprint density at radius 2 is 1.54 bits per heavy atom. The SMILES string of the molecule is CC(=O)CC[C@@](C#N)(c1ccc(Cl)cc1)S(=O)(=O)c1ccc(C(F)(F)F)cc1. The van der Waals surface area contributed by atoms with E-state index in [9.17, 15) is 31.6 Å². The fourth-order valence-corrected chi connectivity index (χ4v) is 4.67. The van der Waals surface area contributed by atoms with Gasteiger partial charge in [-0.15, -0.1) is 0 Å². The lowest BCUT2D eigenvalue weighted by molar-refractivity contribution is -0.137. The van der Waals surface area contributed by atoms with E-state index in [4.69, 9.17) is 11.6 Å². The predicted molar refractivity (Wildman–Crippen MR) is 97.3 cm³/mol. The van der Waals surface area contributed by atoms with Gasteiger partial charge in [0, 0.05) is 11.4 Å². The van der Waals surface area contributed by atoms with Gasteiger partial charge in [0.1, 0.15) is 5.78 Å². The van der Waals surface area contributed by atoms with Gasteiger partial charge in [-0.3, -0.25) is 0 Å². The molecule has 0 unspecified atom stereocenters. The van der Waals surface area contributed by atoms with E-state index in [1.807, 2.05) is 0 Å². The van der Waals surface area contributed by atoms with Gasteiger partial charge in [0.05, 0.1) is 16.5 Å². The molecule has 2 aromatic carbocycles. The summed E-state index contributed by atoms with van der Waals surface area (Å²) in [6.45, 7) is 1.26. The molecule has 0 radical (unpaired) electrons. The summed E-state index contributed by atoms with van der Waals surface area (Å²) in [5, 5.41) is 10.2. The molecule has 0 aliphatic rings. The molecule has 0 amide bonds. The van der Waals surface area contributed by atoms with Gasteiger partial charge < -0.3 is 4.79 Å². The standard InChI is InChI=1S/C19H15ClF3NO3S/c1-13(25)10-11-18(12-24,14-2-6-16(20)7-3-14)28(26,27)17-8-4-15(5-9-17)19(21,22)23/h2-9H,10-11H2,1H3/t18-/m1/s1. The highest BCUT2D eigenvalue weighted by Gasteiger charge is 2.47. The van der Waals surface area contributed by atoms with Gasteiger partial charge in [0.15, 0.2) is 4.75 Å². The second-order valence-corrected chi connectivity index (χ2v) is 8.78. The number of nitrogens with zero attached hydrogens (tertiary/aromatic N) is 1. The molecule has 0 aliphatic carbocycles. The lowest BCUT2D eigenvalue weighted by Crippen LogP contribution is -2.35. The van der Waals surface area contributed by atoms with Crippen molar-refractivity contribution in [2.45, 2.75) is 35.6 Å². The summed E-state index contributed by atoms with van der Waals surface area (Å²) in [7, 11) is -4.46. The number of ketones is 1. The maximum atomic E-state index is 13.3. The van der Waals surface area contributed by atoms with Crippen LogP contribution in [0.2, 0.25) is 5.02 Å². The third-order valence-corrected chi connectivity index (χ3v) is 6.86. The van der Waals surface area contributed by atoms with Gasteiger partial charge in [-0.25, -0.2) is 8.42 Å². The molecule has 0 aromatic heterocycles. The minimum atomic E-state index is -4.63. The highest BCUT2D eigenvalue weighted by molar-refractivity contribution is 7.92. The minimum absolute atomic E-state index is 0.0838. The van der Waals surface area contributed by atoms with Crippen molar-refractivity contribution < 1.29 is 26.4 Å². The lowest BCUT2D eigenvalue weighted by atomic mass is 9.93. The molecule has 4 nitrogen and oxygen atoms in total. The van der Waals surface area contributed by atoms with Crippen LogP contribution in [0.5, 0.6) is 0 Å². The van der Waals surface area contributed by atoms with E-state index in [1.54, 1.807) is 6.07 Å². The quantitative estimate of drug-likeness (QED) is 0.653. The first-order valence-corrected chi connectivity index (χ1v) is 9.89. The number of hydrogen-bond donors (Lipinski definition) is 0. The molecule has 0 fully saturated rings. The molecular weight excluding hydrogens is 415 g/mol. The molecule has 2 rings (SSSR count). The first kappa shape index (κ1) is 21.9. The highest BCUT2D eigenvalue weighted by Crippen LogP contribution is 2.40. The number of alkyl halides is 3. The first-order chi connectivity index (χ1) is 12.9. The fourth-order valence-electron chi connectivity index (χ4n) is 2.71. The van der Waals surface area contributed by atoms with Crippen molar-refractivity contribution in [3.8, 4) is 6.07 Å². The number of Topliss-reactive ketones (excluding diaryl/α,β-unsaturated/α-hetero) is 1. The van der Waals surface area contributed by atoms with Crippen LogP contribution < -0.4 is 0 Å². The number of benzene rings is 2. The van der Waals surface area contributed by atoms with Crippen LogP contribution in [0.3, 0.4) is 0 Å². The van der Waals surface area contributed by atoms with Crippen LogP contribution in [0.25, 0.3) is 0 Å². The normalized spacial score (nSPS) is 14.1. The minimum Gasteiger partial charge on any atom is -0.300 e. The van der Waals surface area contributed by atoms with Gasteiger partial charge in [0.2, 0.25) is 9.84 Å². The summed E-state index contributed by atoms with van der Waals surface area (Å²) < 4.78 is 62.8. The Hall–Kier alpha value is -2.37. The zero-order valence-corrected chi connectivity index (χ0v) is 16.2. The van der Waals surface area contributed by atoms with Crippen molar-refractivity contribution >= 4 is 27.2 Å². The zero-order valence-electron chi connectivity index (χ0n) is 14.6. The van der Waals surface area contributed by atoms with Gasteiger partial charge >= 0.3 is 6.18 Å². The number of nitriles is 1. The average Bonchev–Trinajstić information content (AvgIpc) is 2.63. The van der Waals surface area contributed by atoms with Gasteiger partial charge in [-0.2, -0.15) is 18.4 Å². The molecule has 148 valence electrons. The molecule has 0 spiro atoms. The van der Waals surface area contributed by atoms with Crippen molar-refractivity contribution in [2.24, 2.45) is 0 Å². The number of halogens is 4. The maximum absolute atomic E-state index is 13.3. The molecule has 0 saturated heterocycles. The number of carbonyl (C=O) groups is 1. The molecule has 2 aromatic rings. The second-order valence-electron chi connectivity index (χ2n) is 6.17. The molecule has 1 atom stereocenters. The van der Waals surface area contributed by atoms with Crippen LogP contribution in [-0.4, -0.2) is 14.2 Å². The van der Waals surface area contributed by atoms with Crippen LogP contribution in [0, 0.1) is 11.3 Å². The second kappa shape index (κ2) is 7.94. The van der Waals surface area contributed by atoms with E-state index in [2.05, 4.69) is 0 Å². The van der Waals surface area contributed by atoms with Crippen LogP contribution in [0.4, 0.5) is 13.2 Å². The Kier molecular flexibility index (Phi) is 6.21. The van der Waals surface area contributed by atoms with E-state index in [-0.39, 0.29) is 24.2 Å². The van der Waals surface area contributed by atoms with Gasteiger partial charge in [0.25, 0.3) is 0 Å². The number of sulfone groups is 1. The van der Waals surface area contributed by atoms with Crippen LogP contribution in [-0.2, 0) is 25.6 Å². The zero-order chi connectivity index (χ0) is 21.2. The van der Waals surface area contributed by atoms with Crippen molar-refractivity contribution in [3.05, 3.63) is 64.7 Å². The summed E-state index contributed by atoms with van der Waals surface area (Å²) in [4.78, 5) is 11.0. The van der Waals surface area contributed by atoms with Crippen molar-refractivity contribution in [3.63, 3.8) is 0 Å². The average molecular weight is 430 g/mol. The van der Waals surface area contributed by atoms with E-state index in [0.29, 0.717) is 17.2 Å². The molecule has 0 aliphatic heterocycles. The third kappa shape index (κ3) is 4.21. The molecule has 28 heavy (non-hydrogen) atoms. The molecular formula is C19H15ClF3NO3S. The van der Waals surface area contributed by atoms with Gasteiger partial charge in [-0.05, 0) is 55.3 Å². The lowest BCUT2D eigenvalue weighted by Gasteiger charge is -2.27. The topological polar surface area (TPSA) is 75.0 Å². The number of rotatable bonds is 6. The maximum Gasteiger partial charge on any atom is 0.416 e. The molecule has 9 heteroatoms. The van der Waals surface area contributed by atoms with Gasteiger partial charge in [-0.1, -0.05) is 23.7 Å². The predicted octanol–water partition coefficient (Wildman–Crippen LogP) is 4.92. The Balaban J connectivity index is 2.65. The Morgan fingerprint density at radius 3 is 1.96 bits per heavy atom. The Morgan fingerprint density at radius 1 is 1.04 bits per heavy atom. The first-order valence-electron chi connectivity index (χ1n) is 8.03. The van der Waals surface area contributed by atoms with E-state index >= 15 is 0 Å². The summed E-state index contributed by atoms with van der Waals surface area (Å²) in [5.74, 6) is -0.323. The van der Waals surface area contributed by atoms with Crippen molar-refractivity contribution in [1.82, 2.24) is 0 Å². The van der Waals surface area contributed by atoms with Crippen molar-refractivity contribution in [2.75, 3.05) is 0 Å². The van der Waals surface area contributed by atoms with E-state index in [1.165, 1.54) is 31.2 Å². The monoisotopic (exact) mass is 429 g/mol. The summed E-state index contributed by atoms with van der Waals surface area (Å²) in [6, 6.07) is 10.2. The highest BCUT2D eigenvalue weighted by atomic mass is 35.5. The third-order valence-electron chi connectivity index (χ3n) is 4.27. The molecule has 0 bridgehead atoms. The largest absolute Gasteiger partial charge is 0.416 e. The fraction of sp³-hybridized carbons (Fsp3) is 0.263. The smallest absolute Gasteiger partial charge is 0.300 e. The Bertz CT molecular complexity index is 1010. The molecule has 0 saturated carbocycles. The Labute approximate surface area is 165 Å². The molecule has 0 heterocycles.